The summed E-state index contributed by atoms with van der Waals surface area (Å²) in [4.78, 5) is 0. The Labute approximate surface area is 159 Å². The molecule has 1 heterocycles. The van der Waals surface area contributed by atoms with Crippen molar-refractivity contribution >= 4 is 16.8 Å². The Morgan fingerprint density at radius 2 is 1.67 bits per heavy atom. The van der Waals surface area contributed by atoms with Gasteiger partial charge in [-0.3, -0.25) is 0 Å². The normalized spacial score (nSPS) is 15.7. The molecule has 0 atom stereocenters. The molecule has 0 aromatic heterocycles. The quantitative estimate of drug-likeness (QED) is 0.599. The predicted octanol–water partition coefficient (Wildman–Crippen LogP) is 5.57. The van der Waals surface area contributed by atoms with Gasteiger partial charge in [0.05, 0.1) is 14.2 Å². The molecule has 0 amide bonds. The summed E-state index contributed by atoms with van der Waals surface area (Å²) in [6.45, 7) is 5.18. The van der Waals surface area contributed by atoms with Crippen LogP contribution >= 0.6 is 0 Å². The van der Waals surface area contributed by atoms with E-state index in [1.807, 2.05) is 6.07 Å². The summed E-state index contributed by atoms with van der Waals surface area (Å²) in [7, 11) is 3.35. The van der Waals surface area contributed by atoms with Crippen molar-refractivity contribution in [1.29, 1.82) is 0 Å². The van der Waals surface area contributed by atoms with Crippen LogP contribution in [0.1, 0.15) is 30.5 Å². The highest BCUT2D eigenvalue weighted by molar-refractivity contribution is 6.09. The van der Waals surface area contributed by atoms with Crippen molar-refractivity contribution in [2.75, 3.05) is 20.8 Å². The van der Waals surface area contributed by atoms with Crippen LogP contribution < -0.4 is 14.2 Å². The topological polar surface area (TPSA) is 27.7 Å². The molecule has 3 aromatic rings. The smallest absolute Gasteiger partial charge is 0.161 e. The number of hydrogen-bond donors (Lipinski definition) is 0. The monoisotopic (exact) mass is 358 g/mol. The Balaban J connectivity index is 2.02. The second kappa shape index (κ2) is 5.53. The third-order valence-electron chi connectivity index (χ3n) is 5.90. The van der Waals surface area contributed by atoms with Gasteiger partial charge in [0.2, 0.25) is 0 Å². The molecule has 0 fully saturated rings. The first kappa shape index (κ1) is 16.2. The van der Waals surface area contributed by atoms with Crippen LogP contribution in [0.25, 0.3) is 28.0 Å². The largest absolute Gasteiger partial charge is 0.493 e. The summed E-state index contributed by atoms with van der Waals surface area (Å²) in [5.41, 5.74) is 6.33. The highest BCUT2D eigenvalue weighted by atomic mass is 16.5. The van der Waals surface area contributed by atoms with E-state index in [1.165, 1.54) is 27.8 Å². The van der Waals surface area contributed by atoms with E-state index in [2.05, 4.69) is 56.3 Å². The van der Waals surface area contributed by atoms with E-state index in [9.17, 15) is 0 Å². The SMILES string of the molecule is COc1cc2c3c(c4c(c2cc1OC)-c1ccccc1C4(C)C)C=CCO3. The van der Waals surface area contributed by atoms with Gasteiger partial charge < -0.3 is 14.2 Å². The molecule has 0 spiro atoms. The highest BCUT2D eigenvalue weighted by Gasteiger charge is 2.40. The van der Waals surface area contributed by atoms with Crippen LogP contribution in [0.2, 0.25) is 0 Å². The van der Waals surface area contributed by atoms with Crippen molar-refractivity contribution < 1.29 is 14.2 Å². The minimum absolute atomic E-state index is 0.0948. The molecule has 1 aliphatic heterocycles. The molecule has 0 bridgehead atoms. The lowest BCUT2D eigenvalue weighted by molar-refractivity contribution is 0.353. The third kappa shape index (κ3) is 2.03. The van der Waals surface area contributed by atoms with Crippen molar-refractivity contribution in [3.63, 3.8) is 0 Å². The molecule has 0 unspecified atom stereocenters. The summed E-state index contributed by atoms with van der Waals surface area (Å²) < 4.78 is 17.3. The second-order valence-electron chi connectivity index (χ2n) is 7.63. The molecule has 3 nitrogen and oxygen atoms in total. The van der Waals surface area contributed by atoms with E-state index >= 15 is 0 Å². The van der Waals surface area contributed by atoms with E-state index < -0.39 is 0 Å². The molecular formula is C24H22O3. The average Bonchev–Trinajstić information content (AvgIpc) is 2.95. The molecule has 0 saturated carbocycles. The van der Waals surface area contributed by atoms with Gasteiger partial charge in [-0.1, -0.05) is 44.2 Å². The fraction of sp³-hybridized carbons (Fsp3) is 0.250. The number of ether oxygens (including phenoxy) is 3. The van der Waals surface area contributed by atoms with Crippen LogP contribution in [0, 0.1) is 0 Å². The van der Waals surface area contributed by atoms with Gasteiger partial charge >= 0.3 is 0 Å². The Morgan fingerprint density at radius 1 is 0.963 bits per heavy atom. The van der Waals surface area contributed by atoms with Gasteiger partial charge in [0.25, 0.3) is 0 Å². The van der Waals surface area contributed by atoms with E-state index in [-0.39, 0.29) is 5.41 Å². The van der Waals surface area contributed by atoms with E-state index in [4.69, 9.17) is 14.2 Å². The maximum atomic E-state index is 6.14. The Hall–Kier alpha value is -2.94. The Kier molecular flexibility index (Phi) is 3.33. The molecule has 0 N–H and O–H groups in total. The maximum Gasteiger partial charge on any atom is 0.161 e. The van der Waals surface area contributed by atoms with Crippen molar-refractivity contribution in [2.24, 2.45) is 0 Å². The van der Waals surface area contributed by atoms with Gasteiger partial charge in [0, 0.05) is 16.4 Å². The lowest BCUT2D eigenvalue weighted by atomic mass is 9.78. The highest BCUT2D eigenvalue weighted by Crippen LogP contribution is 2.57. The summed E-state index contributed by atoms with van der Waals surface area (Å²) in [6, 6.07) is 12.8. The number of hydrogen-bond acceptors (Lipinski definition) is 3. The molecule has 5 rings (SSSR count). The van der Waals surface area contributed by atoms with Crippen LogP contribution in [-0.4, -0.2) is 20.8 Å². The van der Waals surface area contributed by atoms with E-state index in [1.54, 1.807) is 14.2 Å². The van der Waals surface area contributed by atoms with Gasteiger partial charge in [-0.25, -0.2) is 0 Å². The van der Waals surface area contributed by atoms with Crippen molar-refractivity contribution in [1.82, 2.24) is 0 Å². The maximum absolute atomic E-state index is 6.14. The third-order valence-corrected chi connectivity index (χ3v) is 5.90. The Bertz CT molecular complexity index is 1120. The van der Waals surface area contributed by atoms with E-state index in [0.717, 1.165) is 28.0 Å². The van der Waals surface area contributed by atoms with E-state index in [0.29, 0.717) is 6.61 Å². The van der Waals surface area contributed by atoms with Gasteiger partial charge in [0.15, 0.2) is 11.5 Å². The zero-order chi connectivity index (χ0) is 18.8. The van der Waals surface area contributed by atoms with Crippen LogP contribution in [0.15, 0.2) is 42.5 Å². The van der Waals surface area contributed by atoms with Crippen LogP contribution in [-0.2, 0) is 5.41 Å². The molecule has 136 valence electrons. The second-order valence-corrected chi connectivity index (χ2v) is 7.63. The minimum Gasteiger partial charge on any atom is -0.493 e. The fourth-order valence-electron chi connectivity index (χ4n) is 4.72. The minimum atomic E-state index is -0.0948. The van der Waals surface area contributed by atoms with Crippen LogP contribution in [0.3, 0.4) is 0 Å². The molecule has 3 aromatic carbocycles. The molecule has 0 saturated heterocycles. The zero-order valence-corrected chi connectivity index (χ0v) is 16.1. The summed E-state index contributed by atoms with van der Waals surface area (Å²) in [5, 5.41) is 2.22. The average molecular weight is 358 g/mol. The summed E-state index contributed by atoms with van der Waals surface area (Å²) in [5.74, 6) is 2.39. The van der Waals surface area contributed by atoms with Gasteiger partial charge in [0.1, 0.15) is 12.4 Å². The molecule has 0 radical (unpaired) electrons. The molecule has 27 heavy (non-hydrogen) atoms. The molecular weight excluding hydrogens is 336 g/mol. The standard InChI is InChI=1S/C24H22O3/c1-24(2)18-10-6-5-8-14(18)21-16-12-19(25-3)20(26-4)13-17(16)23-15(22(21)24)9-7-11-27-23/h5-10,12-13H,11H2,1-4H3. The van der Waals surface area contributed by atoms with Crippen molar-refractivity contribution in [3.8, 4) is 28.4 Å². The van der Waals surface area contributed by atoms with Crippen molar-refractivity contribution in [3.05, 3.63) is 59.2 Å². The van der Waals surface area contributed by atoms with Gasteiger partial charge in [-0.05, 0) is 45.8 Å². The Morgan fingerprint density at radius 3 is 2.41 bits per heavy atom. The first-order chi connectivity index (χ1) is 13.1. The summed E-state index contributed by atoms with van der Waals surface area (Å²) in [6.07, 6.45) is 4.30. The lowest BCUT2D eigenvalue weighted by Crippen LogP contribution is -2.18. The van der Waals surface area contributed by atoms with Gasteiger partial charge in [-0.15, -0.1) is 0 Å². The lowest BCUT2D eigenvalue weighted by Gasteiger charge is -2.27. The summed E-state index contributed by atoms with van der Waals surface area (Å²) >= 11 is 0. The molecule has 1 aliphatic carbocycles. The predicted molar refractivity (Wildman–Crippen MR) is 109 cm³/mol. The molecule has 3 heteroatoms. The first-order valence-corrected chi connectivity index (χ1v) is 9.23. The molecule has 2 aliphatic rings. The number of rotatable bonds is 2. The first-order valence-electron chi connectivity index (χ1n) is 9.23. The zero-order valence-electron chi connectivity index (χ0n) is 16.1. The van der Waals surface area contributed by atoms with Crippen LogP contribution in [0.4, 0.5) is 0 Å². The number of fused-ring (bicyclic) bond motifs is 8. The number of benzene rings is 3. The van der Waals surface area contributed by atoms with Crippen LogP contribution in [0.5, 0.6) is 17.2 Å². The van der Waals surface area contributed by atoms with Crippen molar-refractivity contribution in [2.45, 2.75) is 19.3 Å². The number of methoxy groups -OCH3 is 2. The van der Waals surface area contributed by atoms with Gasteiger partial charge in [-0.2, -0.15) is 0 Å². The fourth-order valence-corrected chi connectivity index (χ4v) is 4.72.